The number of amides is 4. The number of aromatic nitrogens is 1. The smallest absolute Gasteiger partial charge is 0.472 e. The predicted octanol–water partition coefficient (Wildman–Crippen LogP) is 4.84. The van der Waals surface area contributed by atoms with Crippen LogP contribution in [-0.4, -0.2) is 95.7 Å². The summed E-state index contributed by atoms with van der Waals surface area (Å²) in [6, 6.07) is 1.08. The number of hydrogen-bond donors (Lipinski definition) is 3. The molecule has 0 unspecified atom stereocenters. The summed E-state index contributed by atoms with van der Waals surface area (Å²) in [5.41, 5.74) is -4.63. The Kier molecular flexibility index (Phi) is 10.7. The molecular weight excluding hydrogens is 814 g/mol. The van der Waals surface area contributed by atoms with Gasteiger partial charge in [-0.2, -0.15) is 13.2 Å². The van der Waals surface area contributed by atoms with Crippen LogP contribution in [0.3, 0.4) is 0 Å². The summed E-state index contributed by atoms with van der Waals surface area (Å²) >= 11 is 0. The Labute approximate surface area is 335 Å². The van der Waals surface area contributed by atoms with Crippen molar-refractivity contribution in [2.24, 2.45) is 17.8 Å². The Morgan fingerprint density at radius 3 is 2.46 bits per heavy atom. The molecule has 7 rings (SSSR count). The van der Waals surface area contributed by atoms with Crippen LogP contribution in [0.15, 0.2) is 36.5 Å². The molecule has 3 N–H and O–H groups in total. The number of pyridine rings is 1. The Hall–Kier alpha value is -4.95. The number of nitrogens with zero attached hydrogens (tertiary/aromatic N) is 2. The van der Waals surface area contributed by atoms with Crippen LogP contribution in [0.4, 0.5) is 26.7 Å². The molecular formula is C38H44F5N5O10S. The molecule has 5 aliphatic rings. The fourth-order valence-electron chi connectivity index (χ4n) is 7.83. The third-order valence-corrected chi connectivity index (χ3v) is 13.3. The van der Waals surface area contributed by atoms with Crippen LogP contribution < -0.4 is 29.6 Å². The van der Waals surface area contributed by atoms with Crippen LogP contribution >= 0.6 is 0 Å². The number of fused-ring (bicyclic) bond motifs is 5. The van der Waals surface area contributed by atoms with Crippen LogP contribution in [0.5, 0.6) is 17.4 Å². The Morgan fingerprint density at radius 1 is 1.03 bits per heavy atom. The number of ether oxygens (including phenoxy) is 4. The van der Waals surface area contributed by atoms with Gasteiger partial charge < -0.3 is 34.5 Å². The Bertz CT molecular complexity index is 2180. The first-order chi connectivity index (χ1) is 27.5. The first-order valence-electron chi connectivity index (χ1n) is 19.3. The molecule has 4 heterocycles. The molecule has 0 radical (unpaired) electrons. The second-order valence-electron chi connectivity index (χ2n) is 16.5. The van der Waals surface area contributed by atoms with E-state index in [4.69, 9.17) is 14.2 Å². The Balaban J connectivity index is 1.22. The molecule has 3 fully saturated rings. The van der Waals surface area contributed by atoms with Crippen molar-refractivity contribution in [3.8, 4) is 17.4 Å². The lowest BCUT2D eigenvalue weighted by molar-refractivity contribution is -0.286. The minimum Gasteiger partial charge on any atom is -0.472 e. The summed E-state index contributed by atoms with van der Waals surface area (Å²) in [5, 5.41) is 4.66. The number of benzene rings is 1. The maximum atomic E-state index is 14.7. The molecule has 4 amide bonds. The van der Waals surface area contributed by atoms with Crippen LogP contribution in [0.1, 0.15) is 72.6 Å². The van der Waals surface area contributed by atoms with Crippen molar-refractivity contribution in [2.75, 3.05) is 6.54 Å². The number of carbonyl (C=O) groups is 4. The van der Waals surface area contributed by atoms with E-state index in [9.17, 15) is 49.5 Å². The lowest BCUT2D eigenvalue weighted by atomic mass is 9.88. The molecule has 322 valence electrons. The van der Waals surface area contributed by atoms with E-state index in [1.807, 2.05) is 13.0 Å². The summed E-state index contributed by atoms with van der Waals surface area (Å²) in [6.07, 6.45) is -4.71. The van der Waals surface area contributed by atoms with Crippen molar-refractivity contribution in [1.82, 2.24) is 25.2 Å². The minimum absolute atomic E-state index is 0.0501. The molecule has 1 saturated heterocycles. The molecule has 7 atom stereocenters. The van der Waals surface area contributed by atoms with Crippen molar-refractivity contribution >= 4 is 44.6 Å². The lowest BCUT2D eigenvalue weighted by Crippen LogP contribution is -2.59. The van der Waals surface area contributed by atoms with Crippen LogP contribution in [0.25, 0.3) is 10.8 Å². The minimum atomic E-state index is -4.96. The van der Waals surface area contributed by atoms with Gasteiger partial charge in [-0.3, -0.25) is 19.1 Å². The van der Waals surface area contributed by atoms with E-state index in [1.54, 1.807) is 13.0 Å². The monoisotopic (exact) mass is 857 g/mol. The molecule has 2 saturated carbocycles. The predicted molar refractivity (Wildman–Crippen MR) is 196 cm³/mol. The standard InChI is InChI=1S/C38H44F5N5O10S/c1-19-7-5-6-8-21-17-36(21,33(51)47-59(53,54)23-9-10-23)46-30(49)26-16-22(55-31-25-11-12-27-29(24(25)13-14-44-31)57-38(42,43)56-27)18-48(26)32(50)28(20(2)15-19)45-34(52)58-35(3,4)37(39,40)41/h6,8,11-14,19-23,26,28H,5,7,9-10,15-18H2,1-4H3,(H,45,52)(H,46,49)(H,47,51)/b8-6-/t19-,20-,21-,22-,26+,28+,36-/m1/s1. The fraction of sp³-hybridized carbons (Fsp3) is 0.605. The molecule has 21 heteroatoms. The van der Waals surface area contributed by atoms with Crippen molar-refractivity contribution in [3.05, 3.63) is 36.5 Å². The average molecular weight is 858 g/mol. The number of hydrogen-bond acceptors (Lipinski definition) is 11. The number of rotatable bonds is 7. The van der Waals surface area contributed by atoms with Gasteiger partial charge in [0.25, 0.3) is 5.91 Å². The number of carbonyl (C=O) groups excluding carboxylic acids is 4. The van der Waals surface area contributed by atoms with E-state index in [1.165, 1.54) is 24.4 Å². The van der Waals surface area contributed by atoms with Gasteiger partial charge >= 0.3 is 18.6 Å². The zero-order valence-corrected chi connectivity index (χ0v) is 33.3. The molecule has 2 aliphatic carbocycles. The highest BCUT2D eigenvalue weighted by Gasteiger charge is 2.62. The van der Waals surface area contributed by atoms with E-state index in [0.29, 0.717) is 46.0 Å². The zero-order chi connectivity index (χ0) is 42.9. The van der Waals surface area contributed by atoms with Crippen molar-refractivity contribution in [1.29, 1.82) is 0 Å². The lowest BCUT2D eigenvalue weighted by Gasteiger charge is -2.34. The number of nitrogens with one attached hydrogen (secondary N) is 3. The van der Waals surface area contributed by atoms with Crippen molar-refractivity contribution in [2.45, 2.75) is 120 Å². The fourth-order valence-corrected chi connectivity index (χ4v) is 9.19. The van der Waals surface area contributed by atoms with Gasteiger partial charge in [-0.25, -0.2) is 18.2 Å². The molecule has 0 spiro atoms. The van der Waals surface area contributed by atoms with E-state index < -0.39 is 92.7 Å². The largest absolute Gasteiger partial charge is 0.586 e. The highest BCUT2D eigenvalue weighted by molar-refractivity contribution is 7.91. The molecule has 2 aromatic rings. The molecule has 59 heavy (non-hydrogen) atoms. The second-order valence-corrected chi connectivity index (χ2v) is 18.5. The third kappa shape index (κ3) is 8.57. The number of sulfonamides is 1. The van der Waals surface area contributed by atoms with Crippen molar-refractivity contribution < 1.29 is 68.5 Å². The number of halogens is 5. The molecule has 1 aromatic heterocycles. The number of alkyl carbamates (subject to hydrolysis) is 1. The van der Waals surface area contributed by atoms with Gasteiger partial charge in [0, 0.05) is 29.3 Å². The summed E-state index contributed by atoms with van der Waals surface area (Å²) in [5.74, 6) is -4.68. The normalized spacial score (nSPS) is 30.2. The summed E-state index contributed by atoms with van der Waals surface area (Å²) in [6.45, 7) is 4.48. The molecule has 3 aliphatic heterocycles. The number of allylic oxidation sites excluding steroid dienone is 1. The topological polar surface area (TPSA) is 192 Å². The maximum absolute atomic E-state index is 14.7. The second kappa shape index (κ2) is 14.9. The van der Waals surface area contributed by atoms with Crippen molar-refractivity contribution in [3.63, 3.8) is 0 Å². The van der Waals surface area contributed by atoms with E-state index in [2.05, 4.69) is 25.1 Å². The average Bonchev–Trinajstić information content (AvgIpc) is 4.03. The SMILES string of the molecule is C[C@@H]1CC/C=C\[C@@H]2C[C@@]2(C(=O)NS(=O)(=O)C2CC2)NC(=O)[C@@H]2C[C@@H](Oc3nccc4c5c(ccc34)OC(F)(F)O5)CN2C(=O)[C@@H](NC(=O)OC(C)(C)C(F)(F)F)[C@H](C)C1. The van der Waals surface area contributed by atoms with E-state index >= 15 is 0 Å². The van der Waals surface area contributed by atoms with Gasteiger partial charge in [-0.1, -0.05) is 26.0 Å². The summed E-state index contributed by atoms with van der Waals surface area (Å²) in [4.78, 5) is 61.3. The molecule has 1 aromatic carbocycles. The zero-order valence-electron chi connectivity index (χ0n) is 32.4. The first kappa shape index (κ1) is 42.2. The first-order valence-corrected chi connectivity index (χ1v) is 20.8. The third-order valence-electron chi connectivity index (χ3n) is 11.5. The van der Waals surface area contributed by atoms with Gasteiger partial charge in [0.1, 0.15) is 23.7 Å². The van der Waals surface area contributed by atoms with E-state index in [-0.39, 0.29) is 53.5 Å². The number of alkyl halides is 5. The van der Waals surface area contributed by atoms with Gasteiger partial charge in [0.15, 0.2) is 11.5 Å². The van der Waals surface area contributed by atoms with Gasteiger partial charge in [-0.15, -0.1) is 8.78 Å². The maximum Gasteiger partial charge on any atom is 0.586 e. The van der Waals surface area contributed by atoms with Crippen LogP contribution in [-0.2, 0) is 29.1 Å². The Morgan fingerprint density at radius 2 is 1.76 bits per heavy atom. The highest BCUT2D eigenvalue weighted by Crippen LogP contribution is 2.48. The molecule has 0 bridgehead atoms. The quantitative estimate of drug-likeness (QED) is 0.255. The summed E-state index contributed by atoms with van der Waals surface area (Å²) < 4.78 is 117. The molecule has 15 nitrogen and oxygen atoms in total. The van der Waals surface area contributed by atoms with Crippen LogP contribution in [0, 0.1) is 17.8 Å². The van der Waals surface area contributed by atoms with E-state index in [0.717, 1.165) is 4.90 Å². The summed E-state index contributed by atoms with van der Waals surface area (Å²) in [7, 11) is -4.03. The van der Waals surface area contributed by atoms with Gasteiger partial charge in [-0.05, 0) is 82.4 Å². The van der Waals surface area contributed by atoms with Gasteiger partial charge in [0.05, 0.1) is 11.8 Å². The van der Waals surface area contributed by atoms with Crippen LogP contribution in [0.2, 0.25) is 0 Å². The van der Waals surface area contributed by atoms with Gasteiger partial charge in [0.2, 0.25) is 33.3 Å². The highest BCUT2D eigenvalue weighted by atomic mass is 32.2.